The zero-order chi connectivity index (χ0) is 13.0. The number of nitrogens with zero attached hydrogens (tertiary/aromatic N) is 2. The van der Waals surface area contributed by atoms with Crippen LogP contribution in [-0.2, 0) is 11.3 Å². The van der Waals surface area contributed by atoms with Gasteiger partial charge in [0.05, 0.1) is 17.7 Å². The number of aromatic nitrogens is 1. The largest absolute Gasteiger partial charge is 0.340 e. The molecule has 1 heterocycles. The first-order valence-corrected chi connectivity index (χ1v) is 7.47. The Kier molecular flexibility index (Phi) is 4.72. The number of hydrogen-bond donors (Lipinski definition) is 1. The fourth-order valence-electron chi connectivity index (χ4n) is 2.52. The summed E-state index contributed by atoms with van der Waals surface area (Å²) in [5, 5.41) is 1.98. The highest BCUT2D eigenvalue weighted by Crippen LogP contribution is 2.26. The third kappa shape index (κ3) is 3.53. The summed E-state index contributed by atoms with van der Waals surface area (Å²) in [6.45, 7) is 0.601. The minimum atomic E-state index is 0.186. The van der Waals surface area contributed by atoms with Gasteiger partial charge in [-0.3, -0.25) is 4.79 Å². The van der Waals surface area contributed by atoms with Crippen LogP contribution >= 0.6 is 11.3 Å². The van der Waals surface area contributed by atoms with Gasteiger partial charge >= 0.3 is 0 Å². The third-order valence-electron chi connectivity index (χ3n) is 3.71. The quantitative estimate of drug-likeness (QED) is 0.908. The van der Waals surface area contributed by atoms with Gasteiger partial charge in [0.25, 0.3) is 0 Å². The number of carbonyl (C=O) groups excluding carboxylic acids is 1. The number of carbonyl (C=O) groups is 1. The third-order valence-corrected chi connectivity index (χ3v) is 4.35. The molecule has 1 amide bonds. The van der Waals surface area contributed by atoms with Gasteiger partial charge in [-0.05, 0) is 18.8 Å². The molecule has 4 nitrogen and oxygen atoms in total. The predicted molar refractivity (Wildman–Crippen MR) is 73.1 cm³/mol. The highest BCUT2D eigenvalue weighted by atomic mass is 32.1. The van der Waals surface area contributed by atoms with E-state index in [0.717, 1.165) is 18.5 Å². The van der Waals surface area contributed by atoms with Crippen LogP contribution in [0.25, 0.3) is 0 Å². The lowest BCUT2D eigenvalue weighted by atomic mass is 9.83. The Labute approximate surface area is 112 Å². The Balaban J connectivity index is 1.83. The minimum Gasteiger partial charge on any atom is -0.340 e. The average Bonchev–Trinajstić information content (AvgIpc) is 2.84. The maximum absolute atomic E-state index is 12.1. The van der Waals surface area contributed by atoms with E-state index < -0.39 is 0 Å². The van der Waals surface area contributed by atoms with Crippen molar-refractivity contribution in [2.45, 2.75) is 44.7 Å². The van der Waals surface area contributed by atoms with Crippen LogP contribution in [-0.4, -0.2) is 28.9 Å². The van der Waals surface area contributed by atoms with E-state index in [-0.39, 0.29) is 11.9 Å². The fraction of sp³-hybridized carbons (Fsp3) is 0.692. The Morgan fingerprint density at radius 2 is 2.33 bits per heavy atom. The van der Waals surface area contributed by atoms with Crippen LogP contribution in [0.1, 0.15) is 37.8 Å². The van der Waals surface area contributed by atoms with Crippen LogP contribution in [0.2, 0.25) is 0 Å². The van der Waals surface area contributed by atoms with Gasteiger partial charge in [0.1, 0.15) is 0 Å². The summed E-state index contributed by atoms with van der Waals surface area (Å²) < 4.78 is 0. The molecule has 2 N–H and O–H groups in total. The molecule has 2 unspecified atom stereocenters. The zero-order valence-corrected chi connectivity index (χ0v) is 11.7. The summed E-state index contributed by atoms with van der Waals surface area (Å²) >= 11 is 1.56. The van der Waals surface area contributed by atoms with Gasteiger partial charge in [-0.2, -0.15) is 0 Å². The van der Waals surface area contributed by atoms with Crippen LogP contribution < -0.4 is 5.73 Å². The van der Waals surface area contributed by atoms with Crippen molar-refractivity contribution in [3.8, 4) is 0 Å². The van der Waals surface area contributed by atoms with Gasteiger partial charge in [-0.15, -0.1) is 11.3 Å². The van der Waals surface area contributed by atoms with Crippen molar-refractivity contribution in [3.63, 3.8) is 0 Å². The molecule has 0 aliphatic heterocycles. The second-order valence-corrected chi connectivity index (χ2v) is 5.86. The average molecular weight is 267 g/mol. The molecule has 0 spiro atoms. The van der Waals surface area contributed by atoms with Gasteiger partial charge in [0.2, 0.25) is 5.91 Å². The maximum Gasteiger partial charge on any atom is 0.223 e. The first-order chi connectivity index (χ1) is 8.66. The van der Waals surface area contributed by atoms with E-state index in [1.165, 1.54) is 12.8 Å². The predicted octanol–water partition coefficient (Wildman–Crippen LogP) is 2.01. The van der Waals surface area contributed by atoms with Crippen LogP contribution in [0.5, 0.6) is 0 Å². The summed E-state index contributed by atoms with van der Waals surface area (Å²) in [7, 11) is 1.84. The second-order valence-electron chi connectivity index (χ2n) is 5.14. The van der Waals surface area contributed by atoms with Gasteiger partial charge in [0, 0.05) is 24.9 Å². The highest BCUT2D eigenvalue weighted by Gasteiger charge is 2.25. The molecule has 1 fully saturated rings. The van der Waals surface area contributed by atoms with Crippen LogP contribution in [0.15, 0.2) is 10.9 Å². The molecule has 100 valence electrons. The Morgan fingerprint density at radius 1 is 1.56 bits per heavy atom. The van der Waals surface area contributed by atoms with Crippen LogP contribution in [0, 0.1) is 5.92 Å². The molecule has 2 atom stereocenters. The van der Waals surface area contributed by atoms with Crippen molar-refractivity contribution < 1.29 is 4.79 Å². The fourth-order valence-corrected chi connectivity index (χ4v) is 3.07. The summed E-state index contributed by atoms with van der Waals surface area (Å²) in [6, 6.07) is 0.204. The van der Waals surface area contributed by atoms with Gasteiger partial charge in [-0.1, -0.05) is 12.8 Å². The lowest BCUT2D eigenvalue weighted by molar-refractivity contribution is -0.131. The molecular weight excluding hydrogens is 246 g/mol. The van der Waals surface area contributed by atoms with E-state index in [4.69, 9.17) is 5.73 Å². The SMILES string of the molecule is CN(Cc1cscn1)C(=O)CC1CCCCC1N. The van der Waals surface area contributed by atoms with E-state index in [2.05, 4.69) is 4.98 Å². The van der Waals surface area contributed by atoms with E-state index in [9.17, 15) is 4.79 Å². The number of hydrogen-bond acceptors (Lipinski definition) is 4. The van der Waals surface area contributed by atoms with Crippen molar-refractivity contribution in [2.75, 3.05) is 7.05 Å². The minimum absolute atomic E-state index is 0.186. The van der Waals surface area contributed by atoms with Crippen LogP contribution in [0.3, 0.4) is 0 Å². The lowest BCUT2D eigenvalue weighted by Crippen LogP contribution is -2.37. The highest BCUT2D eigenvalue weighted by molar-refractivity contribution is 7.07. The Bertz CT molecular complexity index is 380. The molecule has 0 aromatic carbocycles. The lowest BCUT2D eigenvalue weighted by Gasteiger charge is -2.29. The second kappa shape index (κ2) is 6.29. The first kappa shape index (κ1) is 13.5. The molecule has 1 aliphatic rings. The molecule has 18 heavy (non-hydrogen) atoms. The van der Waals surface area contributed by atoms with Crippen molar-refractivity contribution in [2.24, 2.45) is 11.7 Å². The molecule has 1 aromatic heterocycles. The number of thiazole rings is 1. The molecule has 2 rings (SSSR count). The van der Waals surface area contributed by atoms with Crippen molar-refractivity contribution in [1.82, 2.24) is 9.88 Å². The maximum atomic E-state index is 12.1. The molecule has 1 aliphatic carbocycles. The summed E-state index contributed by atoms with van der Waals surface area (Å²) in [4.78, 5) is 18.1. The molecular formula is C13H21N3OS. The van der Waals surface area contributed by atoms with Crippen molar-refractivity contribution in [1.29, 1.82) is 0 Å². The van der Waals surface area contributed by atoms with Crippen LogP contribution in [0.4, 0.5) is 0 Å². The zero-order valence-electron chi connectivity index (χ0n) is 10.8. The normalized spacial score (nSPS) is 23.9. The number of amides is 1. The van der Waals surface area contributed by atoms with E-state index in [1.54, 1.807) is 21.7 Å². The van der Waals surface area contributed by atoms with Crippen molar-refractivity contribution >= 4 is 17.2 Å². The Hall–Kier alpha value is -0.940. The molecule has 0 saturated heterocycles. The van der Waals surface area contributed by atoms with Gasteiger partial charge in [-0.25, -0.2) is 4.98 Å². The Morgan fingerprint density at radius 3 is 3.00 bits per heavy atom. The summed E-state index contributed by atoms with van der Waals surface area (Å²) in [5.74, 6) is 0.550. The first-order valence-electron chi connectivity index (χ1n) is 6.53. The smallest absolute Gasteiger partial charge is 0.223 e. The standard InChI is InChI=1S/C13H21N3OS/c1-16(7-11-8-18-9-15-11)13(17)6-10-4-2-3-5-12(10)14/h8-10,12H,2-7,14H2,1H3. The molecule has 5 heteroatoms. The van der Waals surface area contributed by atoms with E-state index in [0.29, 0.717) is 18.9 Å². The monoisotopic (exact) mass is 267 g/mol. The summed E-state index contributed by atoms with van der Waals surface area (Å²) in [6.07, 6.45) is 5.16. The number of nitrogens with two attached hydrogens (primary N) is 1. The topological polar surface area (TPSA) is 59.2 Å². The van der Waals surface area contributed by atoms with E-state index >= 15 is 0 Å². The number of rotatable bonds is 4. The summed E-state index contributed by atoms with van der Waals surface area (Å²) in [5.41, 5.74) is 8.84. The molecule has 0 bridgehead atoms. The molecule has 1 aromatic rings. The van der Waals surface area contributed by atoms with E-state index in [1.807, 2.05) is 12.4 Å². The molecule has 0 radical (unpaired) electrons. The molecule has 1 saturated carbocycles. The van der Waals surface area contributed by atoms with Gasteiger partial charge in [0.15, 0.2) is 0 Å². The van der Waals surface area contributed by atoms with Gasteiger partial charge < -0.3 is 10.6 Å². The van der Waals surface area contributed by atoms with Crippen molar-refractivity contribution in [3.05, 3.63) is 16.6 Å².